The van der Waals surface area contributed by atoms with Crippen LogP contribution in [-0.4, -0.2) is 23.3 Å². The van der Waals surface area contributed by atoms with E-state index >= 15 is 0 Å². The van der Waals surface area contributed by atoms with Crippen molar-refractivity contribution >= 4 is 23.6 Å². The lowest BCUT2D eigenvalue weighted by molar-refractivity contribution is -0.131. The Balaban J connectivity index is 1.78. The van der Waals surface area contributed by atoms with Crippen molar-refractivity contribution in [3.05, 3.63) is 107 Å². The third kappa shape index (κ3) is 4.09. The molecule has 1 heterocycles. The van der Waals surface area contributed by atoms with Crippen molar-refractivity contribution in [2.75, 3.05) is 11.9 Å². The van der Waals surface area contributed by atoms with E-state index in [0.29, 0.717) is 11.3 Å². The zero-order valence-corrected chi connectivity index (χ0v) is 15.6. The van der Waals surface area contributed by atoms with Gasteiger partial charge >= 0.3 is 0 Å². The third-order valence-corrected chi connectivity index (χ3v) is 4.82. The van der Waals surface area contributed by atoms with Gasteiger partial charge in [0.05, 0.1) is 6.04 Å². The predicted molar refractivity (Wildman–Crippen MR) is 111 cm³/mol. The number of halogens is 1. The van der Waals surface area contributed by atoms with Crippen LogP contribution in [0.3, 0.4) is 0 Å². The van der Waals surface area contributed by atoms with E-state index in [0.717, 1.165) is 11.1 Å². The molecule has 5 heteroatoms. The van der Waals surface area contributed by atoms with Gasteiger partial charge in [-0.15, -0.1) is 0 Å². The maximum Gasteiger partial charge on any atom is 0.247 e. The van der Waals surface area contributed by atoms with Crippen LogP contribution in [0.15, 0.2) is 84.9 Å². The smallest absolute Gasteiger partial charge is 0.247 e. The molecule has 0 unspecified atom stereocenters. The van der Waals surface area contributed by atoms with E-state index < -0.39 is 11.9 Å². The summed E-state index contributed by atoms with van der Waals surface area (Å²) in [4.78, 5) is 27.1. The van der Waals surface area contributed by atoms with Crippen LogP contribution in [0.25, 0.3) is 6.08 Å². The van der Waals surface area contributed by atoms with Crippen LogP contribution in [0.1, 0.15) is 22.7 Å². The fraction of sp³-hybridized carbons (Fsp3) is 0.0833. The molecule has 0 fully saturated rings. The Kier molecular flexibility index (Phi) is 5.20. The molecule has 0 radical (unpaired) electrons. The molecule has 1 aliphatic rings. The van der Waals surface area contributed by atoms with E-state index in [1.807, 2.05) is 60.7 Å². The molecule has 3 aromatic rings. The number of rotatable bonds is 3. The number of nitrogens with zero attached hydrogens (tertiary/aromatic N) is 1. The van der Waals surface area contributed by atoms with Gasteiger partial charge in [0.15, 0.2) is 0 Å². The Morgan fingerprint density at radius 2 is 1.69 bits per heavy atom. The molecule has 2 amide bonds. The van der Waals surface area contributed by atoms with Crippen molar-refractivity contribution in [2.45, 2.75) is 6.04 Å². The molecule has 0 saturated heterocycles. The summed E-state index contributed by atoms with van der Waals surface area (Å²) in [5.74, 6) is -1.07. The zero-order valence-electron chi connectivity index (χ0n) is 15.6. The van der Waals surface area contributed by atoms with E-state index in [-0.39, 0.29) is 18.4 Å². The largest absolute Gasteiger partial charge is 0.324 e. The predicted octanol–water partition coefficient (Wildman–Crippen LogP) is 4.41. The van der Waals surface area contributed by atoms with Crippen LogP contribution in [0.4, 0.5) is 10.1 Å². The first-order valence-electron chi connectivity index (χ1n) is 9.30. The van der Waals surface area contributed by atoms with Gasteiger partial charge in [0.1, 0.15) is 12.4 Å². The lowest BCUT2D eigenvalue weighted by Gasteiger charge is -2.29. The number of carbonyl (C=O) groups excluding carboxylic acids is 2. The van der Waals surface area contributed by atoms with Crippen LogP contribution < -0.4 is 5.32 Å². The average molecular weight is 386 g/mol. The van der Waals surface area contributed by atoms with Crippen LogP contribution in [-0.2, 0) is 9.59 Å². The molecular formula is C24H19FN2O2. The van der Waals surface area contributed by atoms with E-state index in [2.05, 4.69) is 5.32 Å². The molecule has 1 atom stereocenters. The van der Waals surface area contributed by atoms with Crippen molar-refractivity contribution in [3.63, 3.8) is 0 Å². The van der Waals surface area contributed by atoms with Gasteiger partial charge in [-0.3, -0.25) is 9.59 Å². The highest BCUT2D eigenvalue weighted by molar-refractivity contribution is 6.00. The Labute approximate surface area is 168 Å². The van der Waals surface area contributed by atoms with Crippen molar-refractivity contribution < 1.29 is 14.0 Å². The summed E-state index contributed by atoms with van der Waals surface area (Å²) in [7, 11) is 0. The number of anilines is 1. The summed E-state index contributed by atoms with van der Waals surface area (Å²) in [6.45, 7) is -0.131. The number of amides is 2. The van der Waals surface area contributed by atoms with E-state index in [1.54, 1.807) is 6.08 Å². The monoisotopic (exact) mass is 386 g/mol. The lowest BCUT2D eigenvalue weighted by Crippen LogP contribution is -2.38. The molecule has 29 heavy (non-hydrogen) atoms. The first-order chi connectivity index (χ1) is 14.1. The van der Waals surface area contributed by atoms with Crippen molar-refractivity contribution in [1.29, 1.82) is 0 Å². The Bertz CT molecular complexity index is 1060. The molecule has 0 saturated carbocycles. The molecule has 1 N–H and O–H groups in total. The summed E-state index contributed by atoms with van der Waals surface area (Å²) in [6, 6.07) is 22.4. The van der Waals surface area contributed by atoms with Gasteiger partial charge in [0.25, 0.3) is 0 Å². The van der Waals surface area contributed by atoms with Crippen molar-refractivity contribution in [3.8, 4) is 0 Å². The average Bonchev–Trinajstić information content (AvgIpc) is 2.89. The quantitative estimate of drug-likeness (QED) is 0.678. The molecule has 0 spiro atoms. The normalized spacial score (nSPS) is 16.2. The summed E-state index contributed by atoms with van der Waals surface area (Å²) >= 11 is 0. The maximum atomic E-state index is 14.1. The number of carbonyl (C=O) groups is 2. The standard InChI is InChI=1S/C24H19FN2O2/c25-19-12-13-21-20(15-19)24(18-9-5-2-6-10-18)27(16-22(28)26-21)23(29)14-11-17-7-3-1-4-8-17/h1-15,24H,16H2,(H,26,28)/b14-11+/t24-/m1/s1. The SMILES string of the molecule is O=C1CN(C(=O)/C=C/c2ccccc2)[C@H](c2ccccc2)c2cc(F)ccc2N1. The molecule has 4 rings (SSSR count). The van der Waals surface area contributed by atoms with Crippen LogP contribution in [0.5, 0.6) is 0 Å². The zero-order chi connectivity index (χ0) is 20.2. The summed E-state index contributed by atoms with van der Waals surface area (Å²) in [6.07, 6.45) is 3.16. The Morgan fingerprint density at radius 1 is 1.00 bits per heavy atom. The number of fused-ring (bicyclic) bond motifs is 1. The third-order valence-electron chi connectivity index (χ3n) is 4.82. The van der Waals surface area contributed by atoms with Gasteiger partial charge in [-0.2, -0.15) is 0 Å². The van der Waals surface area contributed by atoms with E-state index in [1.165, 1.54) is 29.2 Å². The van der Waals surface area contributed by atoms with Crippen LogP contribution in [0.2, 0.25) is 0 Å². The first kappa shape index (κ1) is 18.6. The number of benzene rings is 3. The fourth-order valence-electron chi connectivity index (χ4n) is 3.50. The minimum atomic E-state index is -0.589. The van der Waals surface area contributed by atoms with Gasteiger partial charge < -0.3 is 10.2 Å². The maximum absolute atomic E-state index is 14.1. The topological polar surface area (TPSA) is 49.4 Å². The highest BCUT2D eigenvalue weighted by Crippen LogP contribution is 2.36. The van der Waals surface area contributed by atoms with Crippen LogP contribution >= 0.6 is 0 Å². The fourth-order valence-corrected chi connectivity index (χ4v) is 3.50. The van der Waals surface area contributed by atoms with Gasteiger partial charge in [-0.25, -0.2) is 4.39 Å². The number of hydrogen-bond donors (Lipinski definition) is 1. The molecule has 0 aliphatic carbocycles. The number of nitrogens with one attached hydrogen (secondary N) is 1. The van der Waals surface area contributed by atoms with Gasteiger partial charge in [-0.1, -0.05) is 60.7 Å². The summed E-state index contributed by atoms with van der Waals surface area (Å²) in [5.41, 5.74) is 2.73. The molecule has 144 valence electrons. The summed E-state index contributed by atoms with van der Waals surface area (Å²) < 4.78 is 14.1. The Hall–Kier alpha value is -3.73. The second-order valence-corrected chi connectivity index (χ2v) is 6.80. The lowest BCUT2D eigenvalue weighted by atomic mass is 9.95. The highest BCUT2D eigenvalue weighted by atomic mass is 19.1. The molecule has 1 aliphatic heterocycles. The van der Waals surface area contributed by atoms with Gasteiger partial charge in [-0.05, 0) is 35.4 Å². The molecule has 0 aromatic heterocycles. The second kappa shape index (κ2) is 8.10. The molecule has 3 aromatic carbocycles. The molecular weight excluding hydrogens is 367 g/mol. The Morgan fingerprint density at radius 3 is 2.41 bits per heavy atom. The van der Waals surface area contributed by atoms with E-state index in [4.69, 9.17) is 0 Å². The van der Waals surface area contributed by atoms with E-state index in [9.17, 15) is 14.0 Å². The van der Waals surface area contributed by atoms with Gasteiger partial charge in [0.2, 0.25) is 11.8 Å². The molecule has 0 bridgehead atoms. The summed E-state index contributed by atoms with van der Waals surface area (Å²) in [5, 5.41) is 2.78. The first-order valence-corrected chi connectivity index (χ1v) is 9.30. The van der Waals surface area contributed by atoms with Crippen molar-refractivity contribution in [1.82, 2.24) is 4.90 Å². The minimum absolute atomic E-state index is 0.131. The van der Waals surface area contributed by atoms with Crippen molar-refractivity contribution in [2.24, 2.45) is 0 Å². The van der Waals surface area contributed by atoms with Crippen LogP contribution in [0, 0.1) is 5.82 Å². The second-order valence-electron chi connectivity index (χ2n) is 6.80. The minimum Gasteiger partial charge on any atom is -0.324 e. The van der Waals surface area contributed by atoms with Gasteiger partial charge in [0, 0.05) is 17.3 Å². The highest BCUT2D eigenvalue weighted by Gasteiger charge is 2.32. The number of hydrogen-bond acceptors (Lipinski definition) is 2. The molecule has 4 nitrogen and oxygen atoms in total.